The van der Waals surface area contributed by atoms with E-state index >= 15 is 0 Å². The van der Waals surface area contributed by atoms with E-state index in [9.17, 15) is 12.8 Å². The second-order valence-electron chi connectivity index (χ2n) is 3.71. The molecule has 0 atom stereocenters. The maximum absolute atomic E-state index is 13.6. The third-order valence-corrected chi connectivity index (χ3v) is 4.26. The summed E-state index contributed by atoms with van der Waals surface area (Å²) < 4.78 is 39.2. The first-order chi connectivity index (χ1) is 9.10. The van der Waals surface area contributed by atoms with Gasteiger partial charge in [0.15, 0.2) is 5.65 Å². The first kappa shape index (κ1) is 11.7. The van der Waals surface area contributed by atoms with Crippen molar-refractivity contribution in [3.05, 3.63) is 48.9 Å². The molecular weight excluding hydrogens is 271 g/mol. The van der Waals surface area contributed by atoms with Crippen LogP contribution in [0.4, 0.5) is 4.39 Å². The number of halogens is 1. The Morgan fingerprint density at radius 1 is 1.16 bits per heavy atom. The fraction of sp³-hybridized carbons (Fsp3) is 0. The average Bonchev–Trinajstić information content (AvgIpc) is 2.83. The zero-order chi connectivity index (χ0) is 13.5. The molecule has 0 aliphatic carbocycles. The lowest BCUT2D eigenvalue weighted by Crippen LogP contribution is -2.13. The number of fused-ring (bicyclic) bond motifs is 1. The van der Waals surface area contributed by atoms with Gasteiger partial charge in [0.25, 0.3) is 10.0 Å². The molecule has 0 N–H and O–H groups in total. The standard InChI is InChI=1S/C11H7FN4O2S/c12-8-3-1-2-4-10(8)19(17,18)16-7-15-11-9(16)5-13-6-14-11/h1-7H. The van der Waals surface area contributed by atoms with E-state index in [1.807, 2.05) is 0 Å². The van der Waals surface area contributed by atoms with Gasteiger partial charge in [0.05, 0.1) is 6.20 Å². The van der Waals surface area contributed by atoms with Crippen LogP contribution in [0, 0.1) is 5.82 Å². The van der Waals surface area contributed by atoms with Crippen LogP contribution in [-0.4, -0.2) is 27.3 Å². The SMILES string of the molecule is O=S(=O)(c1ccccc1F)n1cnc2ncncc21. The molecule has 0 fully saturated rings. The van der Waals surface area contributed by atoms with Gasteiger partial charge in [-0.2, -0.15) is 0 Å². The van der Waals surface area contributed by atoms with Gasteiger partial charge in [-0.15, -0.1) is 0 Å². The van der Waals surface area contributed by atoms with Gasteiger partial charge in [-0.1, -0.05) is 12.1 Å². The fourth-order valence-corrected chi connectivity index (χ4v) is 3.03. The van der Waals surface area contributed by atoms with E-state index in [-0.39, 0.29) is 11.2 Å². The number of hydrogen-bond donors (Lipinski definition) is 0. The lowest BCUT2D eigenvalue weighted by atomic mass is 10.4. The highest BCUT2D eigenvalue weighted by Gasteiger charge is 2.23. The van der Waals surface area contributed by atoms with Crippen LogP contribution in [0.5, 0.6) is 0 Å². The molecule has 0 bridgehead atoms. The highest BCUT2D eigenvalue weighted by molar-refractivity contribution is 7.90. The summed E-state index contributed by atoms with van der Waals surface area (Å²) in [5, 5.41) is 0. The average molecular weight is 278 g/mol. The summed E-state index contributed by atoms with van der Waals surface area (Å²) in [5.41, 5.74) is 0.431. The Kier molecular flexibility index (Phi) is 2.53. The summed E-state index contributed by atoms with van der Waals surface area (Å²) in [7, 11) is -4.05. The van der Waals surface area contributed by atoms with Crippen LogP contribution in [0.1, 0.15) is 0 Å². The molecule has 0 saturated carbocycles. The van der Waals surface area contributed by atoms with E-state index in [4.69, 9.17) is 0 Å². The molecule has 6 nitrogen and oxygen atoms in total. The monoisotopic (exact) mass is 278 g/mol. The molecule has 0 radical (unpaired) electrons. The van der Waals surface area contributed by atoms with Crippen molar-refractivity contribution in [2.45, 2.75) is 4.90 Å². The van der Waals surface area contributed by atoms with Crippen molar-refractivity contribution in [1.29, 1.82) is 0 Å². The van der Waals surface area contributed by atoms with Crippen LogP contribution in [-0.2, 0) is 10.0 Å². The van der Waals surface area contributed by atoms with Crippen LogP contribution in [0.2, 0.25) is 0 Å². The lowest BCUT2D eigenvalue weighted by Gasteiger charge is -2.06. The first-order valence-electron chi connectivity index (χ1n) is 5.24. The highest BCUT2D eigenvalue weighted by atomic mass is 32.2. The normalized spacial score (nSPS) is 11.8. The molecule has 8 heteroatoms. The van der Waals surface area contributed by atoms with Gasteiger partial charge < -0.3 is 0 Å². The van der Waals surface area contributed by atoms with Crippen LogP contribution in [0.15, 0.2) is 48.0 Å². The van der Waals surface area contributed by atoms with E-state index in [2.05, 4.69) is 15.0 Å². The van der Waals surface area contributed by atoms with Gasteiger partial charge in [-0.25, -0.2) is 31.7 Å². The summed E-state index contributed by atoms with van der Waals surface area (Å²) in [6.45, 7) is 0. The van der Waals surface area contributed by atoms with Gasteiger partial charge in [0, 0.05) is 0 Å². The van der Waals surface area contributed by atoms with Gasteiger partial charge >= 0.3 is 0 Å². The van der Waals surface area contributed by atoms with E-state index in [0.29, 0.717) is 0 Å². The Morgan fingerprint density at radius 3 is 2.74 bits per heavy atom. The van der Waals surface area contributed by atoms with E-state index in [1.165, 1.54) is 30.7 Å². The molecule has 0 unspecified atom stereocenters. The van der Waals surface area contributed by atoms with Crippen LogP contribution < -0.4 is 0 Å². The third-order valence-electron chi connectivity index (χ3n) is 2.57. The van der Waals surface area contributed by atoms with E-state index in [0.717, 1.165) is 16.4 Å². The molecule has 3 aromatic rings. The summed E-state index contributed by atoms with van der Waals surface area (Å²) in [6.07, 6.45) is 3.66. The number of hydrogen-bond acceptors (Lipinski definition) is 5. The molecule has 0 spiro atoms. The Bertz CT molecular complexity index is 860. The van der Waals surface area contributed by atoms with Crippen molar-refractivity contribution in [2.75, 3.05) is 0 Å². The predicted molar refractivity (Wildman–Crippen MR) is 64.3 cm³/mol. The minimum absolute atomic E-state index is 0.200. The molecule has 96 valence electrons. The predicted octanol–water partition coefficient (Wildman–Crippen LogP) is 1.20. The molecule has 2 heterocycles. The fourth-order valence-electron chi connectivity index (χ4n) is 1.69. The third kappa shape index (κ3) is 1.76. The first-order valence-corrected chi connectivity index (χ1v) is 6.68. The van der Waals surface area contributed by atoms with Crippen LogP contribution >= 0.6 is 0 Å². The number of aromatic nitrogens is 4. The summed E-state index contributed by atoms with van der Waals surface area (Å²) in [6, 6.07) is 5.15. The van der Waals surface area contributed by atoms with Gasteiger partial charge in [0.2, 0.25) is 0 Å². The maximum Gasteiger partial charge on any atom is 0.272 e. The van der Waals surface area contributed by atoms with Crippen LogP contribution in [0.3, 0.4) is 0 Å². The summed E-state index contributed by atoms with van der Waals surface area (Å²) >= 11 is 0. The summed E-state index contributed by atoms with van der Waals surface area (Å²) in [4.78, 5) is 11.0. The maximum atomic E-state index is 13.6. The largest absolute Gasteiger partial charge is 0.272 e. The highest BCUT2D eigenvalue weighted by Crippen LogP contribution is 2.20. The van der Waals surface area contributed by atoms with Gasteiger partial charge in [-0.05, 0) is 12.1 Å². The Morgan fingerprint density at radius 2 is 1.95 bits per heavy atom. The topological polar surface area (TPSA) is 77.7 Å². The number of nitrogens with zero attached hydrogens (tertiary/aromatic N) is 4. The molecule has 1 aromatic carbocycles. The molecule has 0 aliphatic rings. The molecule has 0 saturated heterocycles. The van der Waals surface area contributed by atoms with Crippen molar-refractivity contribution in [1.82, 2.24) is 18.9 Å². The minimum Gasteiger partial charge on any atom is -0.242 e. The van der Waals surface area contributed by atoms with Crippen molar-refractivity contribution >= 4 is 21.2 Å². The van der Waals surface area contributed by atoms with E-state index in [1.54, 1.807) is 0 Å². The molecule has 2 aromatic heterocycles. The van der Waals surface area contributed by atoms with Crippen LogP contribution in [0.25, 0.3) is 11.2 Å². The van der Waals surface area contributed by atoms with Gasteiger partial charge in [0.1, 0.15) is 28.9 Å². The van der Waals surface area contributed by atoms with Crippen molar-refractivity contribution in [3.8, 4) is 0 Å². The van der Waals surface area contributed by atoms with Gasteiger partial charge in [-0.3, -0.25) is 0 Å². The second-order valence-corrected chi connectivity index (χ2v) is 5.49. The van der Waals surface area contributed by atoms with Crippen molar-refractivity contribution < 1.29 is 12.8 Å². The smallest absolute Gasteiger partial charge is 0.242 e. The number of benzene rings is 1. The molecule has 19 heavy (non-hydrogen) atoms. The second kappa shape index (κ2) is 4.09. The van der Waals surface area contributed by atoms with Crippen molar-refractivity contribution in [2.24, 2.45) is 0 Å². The number of imidazole rings is 1. The molecule has 0 aliphatic heterocycles. The summed E-state index contributed by atoms with van der Waals surface area (Å²) in [5.74, 6) is -0.818. The molecular formula is C11H7FN4O2S. The Labute approximate surface area is 107 Å². The zero-order valence-corrected chi connectivity index (χ0v) is 10.2. The lowest BCUT2D eigenvalue weighted by molar-refractivity contribution is 0.562. The molecule has 0 amide bonds. The Hall–Kier alpha value is -2.35. The molecule has 3 rings (SSSR count). The minimum atomic E-state index is -4.05. The Balaban J connectivity index is 2.29. The quantitative estimate of drug-likeness (QED) is 0.704. The zero-order valence-electron chi connectivity index (χ0n) is 9.43. The van der Waals surface area contributed by atoms with E-state index < -0.39 is 20.7 Å². The number of rotatable bonds is 2. The van der Waals surface area contributed by atoms with Crippen molar-refractivity contribution in [3.63, 3.8) is 0 Å².